The van der Waals surface area contributed by atoms with Crippen molar-refractivity contribution in [3.05, 3.63) is 59.7 Å². The number of hydrogen-bond donors (Lipinski definition) is 4. The first-order valence-electron chi connectivity index (χ1n) is 13.3. The molecule has 6 aliphatic rings. The molecule has 0 aromatic heterocycles. The smallest absolute Gasteiger partial charge is 0.247 e. The lowest BCUT2D eigenvalue weighted by molar-refractivity contribution is -0.148. The van der Waals surface area contributed by atoms with E-state index in [-0.39, 0.29) is 23.6 Å². The van der Waals surface area contributed by atoms with Gasteiger partial charge in [-0.1, -0.05) is 36.4 Å². The number of piperazine rings is 2. The van der Waals surface area contributed by atoms with E-state index in [4.69, 9.17) is 0 Å². The topological polar surface area (TPSA) is 123 Å². The number of anilines is 2. The third-order valence-corrected chi connectivity index (χ3v) is 9.96. The van der Waals surface area contributed by atoms with Gasteiger partial charge in [0.15, 0.2) is 0 Å². The number of benzene rings is 2. The van der Waals surface area contributed by atoms with E-state index in [1.165, 1.54) is 0 Å². The van der Waals surface area contributed by atoms with Crippen LogP contribution in [-0.4, -0.2) is 69.9 Å². The van der Waals surface area contributed by atoms with Crippen molar-refractivity contribution >= 4 is 35.0 Å². The Bertz CT molecular complexity index is 1370. The van der Waals surface area contributed by atoms with Crippen LogP contribution in [0.4, 0.5) is 11.4 Å². The van der Waals surface area contributed by atoms with Crippen LogP contribution in [0.2, 0.25) is 0 Å². The molecule has 0 spiro atoms. The summed E-state index contributed by atoms with van der Waals surface area (Å²) in [5, 5.41) is 13.0. The minimum atomic E-state index is -0.781. The van der Waals surface area contributed by atoms with E-state index in [1.54, 1.807) is 23.6 Å². The van der Waals surface area contributed by atoms with Crippen molar-refractivity contribution in [1.29, 1.82) is 0 Å². The van der Waals surface area contributed by atoms with E-state index in [1.807, 2.05) is 36.4 Å². The number of fused-ring (bicyclic) bond motifs is 11. The first-order valence-corrected chi connectivity index (χ1v) is 13.3. The van der Waals surface area contributed by atoms with Gasteiger partial charge in [-0.05, 0) is 49.9 Å². The van der Waals surface area contributed by atoms with Crippen LogP contribution in [0, 0.1) is 0 Å². The molecule has 2 aromatic rings. The van der Waals surface area contributed by atoms with Crippen molar-refractivity contribution in [2.45, 2.75) is 74.0 Å². The highest BCUT2D eigenvalue weighted by Gasteiger charge is 2.77. The van der Waals surface area contributed by atoms with Gasteiger partial charge in [0.1, 0.15) is 36.5 Å². The molecule has 4 saturated heterocycles. The third-order valence-electron chi connectivity index (χ3n) is 9.96. The third kappa shape index (κ3) is 2.23. The van der Waals surface area contributed by atoms with Crippen LogP contribution < -0.4 is 21.3 Å². The van der Waals surface area contributed by atoms with Gasteiger partial charge < -0.3 is 31.1 Å². The Hall–Kier alpha value is -4.08. The molecule has 0 radical (unpaired) electrons. The summed E-state index contributed by atoms with van der Waals surface area (Å²) in [6, 6.07) is 13.4. The lowest BCUT2D eigenvalue weighted by Gasteiger charge is -2.48. The lowest BCUT2D eigenvalue weighted by atomic mass is 9.54. The van der Waals surface area contributed by atoms with E-state index < -0.39 is 47.3 Å². The lowest BCUT2D eigenvalue weighted by Crippen LogP contribution is -2.66. The minimum absolute atomic E-state index is 0.132. The number of nitrogens with zero attached hydrogens (tertiary/aromatic N) is 2. The highest BCUT2D eigenvalue weighted by atomic mass is 16.2. The maximum Gasteiger partial charge on any atom is 0.247 e. The molecular formula is C28H28N6O4. The Labute approximate surface area is 219 Å². The molecule has 0 aliphatic carbocycles. The van der Waals surface area contributed by atoms with Crippen LogP contribution in [0.3, 0.4) is 0 Å². The van der Waals surface area contributed by atoms with Gasteiger partial charge in [-0.15, -0.1) is 0 Å². The summed E-state index contributed by atoms with van der Waals surface area (Å²) in [4.78, 5) is 57.6. The monoisotopic (exact) mass is 512 g/mol. The van der Waals surface area contributed by atoms with Gasteiger partial charge in [-0.3, -0.25) is 19.2 Å². The molecule has 4 fully saturated rings. The van der Waals surface area contributed by atoms with Crippen LogP contribution in [0.1, 0.15) is 37.8 Å². The van der Waals surface area contributed by atoms with Gasteiger partial charge in [0.05, 0.1) is 10.8 Å². The molecule has 10 nitrogen and oxygen atoms in total. The van der Waals surface area contributed by atoms with E-state index in [2.05, 4.69) is 33.4 Å². The van der Waals surface area contributed by atoms with Crippen LogP contribution >= 0.6 is 0 Å². The van der Waals surface area contributed by atoms with Gasteiger partial charge in [-0.25, -0.2) is 0 Å². The zero-order chi connectivity index (χ0) is 26.1. The average molecular weight is 513 g/mol. The van der Waals surface area contributed by atoms with Gasteiger partial charge in [0, 0.05) is 11.4 Å². The van der Waals surface area contributed by atoms with Crippen molar-refractivity contribution in [1.82, 2.24) is 20.4 Å². The van der Waals surface area contributed by atoms with Crippen molar-refractivity contribution in [2.75, 3.05) is 10.6 Å². The standard InChI is InChI=1S/C28H28N6O4/c1-13-23(37)33-19(21(35)29-13)11-27(15-7-3-5-9-17(15)31-25(27)33)28-12-20-22(36)30-14(2)24(38)34(20)26(28)32-18-10-6-4-8-16(18)28/h3-10,13-14,19-20,25-26,31-32H,11-12H2,1-2H3,(H,29,35)(H,30,36)/t13-,14-,19-,20-,25+,26+,27-,28-/m0/s1. The van der Waals surface area contributed by atoms with Crippen molar-refractivity contribution < 1.29 is 19.2 Å². The first kappa shape index (κ1) is 22.0. The molecule has 2 aromatic carbocycles. The quantitative estimate of drug-likeness (QED) is 0.444. The summed E-state index contributed by atoms with van der Waals surface area (Å²) in [5.41, 5.74) is 2.28. The van der Waals surface area contributed by atoms with Crippen LogP contribution in [-0.2, 0) is 30.0 Å². The molecular weight excluding hydrogens is 484 g/mol. The Balaban J connectivity index is 1.43. The highest BCUT2D eigenvalue weighted by molar-refractivity contribution is 6.00. The molecule has 8 rings (SSSR count). The second kappa shape index (κ2) is 6.86. The molecule has 0 unspecified atom stereocenters. The van der Waals surface area contributed by atoms with Crippen LogP contribution in [0.5, 0.6) is 0 Å². The Morgan fingerprint density at radius 3 is 1.45 bits per heavy atom. The predicted octanol–water partition coefficient (Wildman–Crippen LogP) is 0.604. The molecule has 38 heavy (non-hydrogen) atoms. The Kier molecular flexibility index (Phi) is 3.96. The van der Waals surface area contributed by atoms with Gasteiger partial charge in [0.25, 0.3) is 0 Å². The molecule has 8 atom stereocenters. The fourth-order valence-corrected chi connectivity index (χ4v) is 8.58. The van der Waals surface area contributed by atoms with Gasteiger partial charge in [-0.2, -0.15) is 0 Å². The molecule has 0 saturated carbocycles. The Morgan fingerprint density at radius 2 is 1.03 bits per heavy atom. The fourth-order valence-electron chi connectivity index (χ4n) is 8.58. The number of para-hydroxylation sites is 2. The van der Waals surface area contributed by atoms with Crippen LogP contribution in [0.15, 0.2) is 48.5 Å². The predicted molar refractivity (Wildman–Crippen MR) is 137 cm³/mol. The van der Waals surface area contributed by atoms with E-state index >= 15 is 0 Å². The summed E-state index contributed by atoms with van der Waals surface area (Å²) in [6.45, 7) is 3.43. The zero-order valence-electron chi connectivity index (χ0n) is 21.0. The van der Waals surface area contributed by atoms with Crippen molar-refractivity contribution in [3.63, 3.8) is 0 Å². The molecule has 6 aliphatic heterocycles. The van der Waals surface area contributed by atoms with E-state index in [0.29, 0.717) is 12.8 Å². The summed E-state index contributed by atoms with van der Waals surface area (Å²) < 4.78 is 0. The summed E-state index contributed by atoms with van der Waals surface area (Å²) in [6.07, 6.45) is -0.272. The van der Waals surface area contributed by atoms with Crippen molar-refractivity contribution in [2.24, 2.45) is 0 Å². The number of carbonyl (C=O) groups is 4. The fraction of sp³-hybridized carbons (Fsp3) is 0.429. The Morgan fingerprint density at radius 1 is 0.632 bits per heavy atom. The first-order chi connectivity index (χ1) is 18.3. The molecule has 194 valence electrons. The number of carbonyl (C=O) groups excluding carboxylic acids is 4. The molecule has 6 heterocycles. The largest absolute Gasteiger partial charge is 0.364 e. The summed E-state index contributed by atoms with van der Waals surface area (Å²) in [7, 11) is 0. The summed E-state index contributed by atoms with van der Waals surface area (Å²) >= 11 is 0. The number of nitrogens with one attached hydrogen (secondary N) is 4. The molecule has 4 amide bonds. The second-order valence-electron chi connectivity index (χ2n) is 11.5. The SMILES string of the molecule is C[C@@H]1NC(=O)[C@@H]2C[C@]3([C@]45C[C@H]6C(=O)N[C@@H](C)C(=O)N6[C@H]4Nc4ccccc45)c4ccccc4N[C@@H]3N2C1=O. The van der Waals surface area contributed by atoms with Crippen LogP contribution in [0.25, 0.3) is 0 Å². The number of hydrogen-bond acceptors (Lipinski definition) is 6. The minimum Gasteiger partial charge on any atom is -0.364 e. The maximum atomic E-state index is 13.7. The van der Waals surface area contributed by atoms with Gasteiger partial charge >= 0.3 is 0 Å². The normalized spacial score (nSPS) is 39.7. The number of rotatable bonds is 1. The average Bonchev–Trinajstić information content (AvgIpc) is 3.60. The van der Waals surface area contributed by atoms with E-state index in [0.717, 1.165) is 22.5 Å². The van der Waals surface area contributed by atoms with Crippen molar-refractivity contribution in [3.8, 4) is 0 Å². The highest BCUT2D eigenvalue weighted by Crippen LogP contribution is 2.68. The summed E-state index contributed by atoms with van der Waals surface area (Å²) in [5.74, 6) is -0.606. The molecule has 10 heteroatoms. The maximum absolute atomic E-state index is 13.7. The molecule has 0 bridgehead atoms. The van der Waals surface area contributed by atoms with Gasteiger partial charge in [0.2, 0.25) is 23.6 Å². The molecule has 4 N–H and O–H groups in total. The van der Waals surface area contributed by atoms with E-state index in [9.17, 15) is 19.2 Å². The number of amides is 4. The second-order valence-corrected chi connectivity index (χ2v) is 11.5. The zero-order valence-corrected chi connectivity index (χ0v) is 21.0.